The molecule has 1 atom stereocenters. The second-order valence-corrected chi connectivity index (χ2v) is 6.13. The quantitative estimate of drug-likeness (QED) is 0.887. The molecule has 3 N–H and O–H groups in total. The van der Waals surface area contributed by atoms with Gasteiger partial charge in [0.2, 0.25) is 0 Å². The van der Waals surface area contributed by atoms with Crippen LogP contribution in [0.3, 0.4) is 0 Å². The third kappa shape index (κ3) is 3.10. The Hall–Kier alpha value is -0.910. The van der Waals surface area contributed by atoms with Crippen LogP contribution in [0.2, 0.25) is 0 Å². The van der Waals surface area contributed by atoms with Crippen LogP contribution in [0.15, 0.2) is 34.8 Å². The van der Waals surface area contributed by atoms with Gasteiger partial charge in [0, 0.05) is 26.5 Å². The second-order valence-electron chi connectivity index (χ2n) is 3.99. The molecule has 1 aromatic carbocycles. The van der Waals surface area contributed by atoms with Crippen LogP contribution in [0.1, 0.15) is 15.8 Å². The van der Waals surface area contributed by atoms with Gasteiger partial charge in [0.25, 0.3) is 0 Å². The van der Waals surface area contributed by atoms with Gasteiger partial charge in [-0.25, -0.2) is 4.39 Å². The number of nitrogens with one attached hydrogen (secondary N) is 1. The SMILES string of the molecule is Cc1sc(C(CN)Nc2ccc(F)cc2)cc1Br. The van der Waals surface area contributed by atoms with Crippen molar-refractivity contribution in [2.75, 3.05) is 11.9 Å². The number of benzene rings is 1. The van der Waals surface area contributed by atoms with E-state index in [0.717, 1.165) is 10.2 Å². The highest BCUT2D eigenvalue weighted by Crippen LogP contribution is 2.31. The van der Waals surface area contributed by atoms with Crippen LogP contribution in [-0.2, 0) is 0 Å². The molecule has 0 spiro atoms. The first-order chi connectivity index (χ1) is 8.60. The zero-order chi connectivity index (χ0) is 13.1. The molecule has 0 aliphatic rings. The summed E-state index contributed by atoms with van der Waals surface area (Å²) in [6.07, 6.45) is 0. The van der Waals surface area contributed by atoms with Gasteiger partial charge in [-0.3, -0.25) is 0 Å². The number of halogens is 2. The molecule has 0 amide bonds. The smallest absolute Gasteiger partial charge is 0.123 e. The van der Waals surface area contributed by atoms with Gasteiger partial charge in [-0.1, -0.05) is 0 Å². The van der Waals surface area contributed by atoms with E-state index in [4.69, 9.17) is 5.73 Å². The number of anilines is 1. The van der Waals surface area contributed by atoms with E-state index in [1.54, 1.807) is 23.5 Å². The van der Waals surface area contributed by atoms with Gasteiger partial charge in [-0.15, -0.1) is 11.3 Å². The molecule has 2 nitrogen and oxygen atoms in total. The number of nitrogens with two attached hydrogens (primary N) is 1. The minimum Gasteiger partial charge on any atom is -0.376 e. The van der Waals surface area contributed by atoms with Crippen molar-refractivity contribution in [1.29, 1.82) is 0 Å². The number of rotatable bonds is 4. The molecule has 0 aliphatic heterocycles. The average molecular weight is 329 g/mol. The van der Waals surface area contributed by atoms with Crippen LogP contribution >= 0.6 is 27.3 Å². The van der Waals surface area contributed by atoms with Crippen molar-refractivity contribution >= 4 is 33.0 Å². The van der Waals surface area contributed by atoms with E-state index in [1.165, 1.54) is 21.9 Å². The second kappa shape index (κ2) is 5.82. The van der Waals surface area contributed by atoms with Gasteiger partial charge in [-0.2, -0.15) is 0 Å². The molecule has 5 heteroatoms. The summed E-state index contributed by atoms with van der Waals surface area (Å²) in [5.41, 5.74) is 6.67. The lowest BCUT2D eigenvalue weighted by Gasteiger charge is -2.16. The van der Waals surface area contributed by atoms with Gasteiger partial charge in [-0.05, 0) is 53.2 Å². The standard InChI is InChI=1S/C13H14BrFN2S/c1-8-11(14)6-13(18-8)12(7-16)17-10-4-2-9(15)3-5-10/h2-6,12,17H,7,16H2,1H3. The maximum absolute atomic E-state index is 12.8. The van der Waals surface area contributed by atoms with Crippen LogP contribution < -0.4 is 11.1 Å². The lowest BCUT2D eigenvalue weighted by molar-refractivity contribution is 0.628. The summed E-state index contributed by atoms with van der Waals surface area (Å²) in [5, 5.41) is 3.31. The highest BCUT2D eigenvalue weighted by Gasteiger charge is 2.13. The van der Waals surface area contributed by atoms with E-state index in [0.29, 0.717) is 6.54 Å². The first-order valence-electron chi connectivity index (χ1n) is 5.58. The Balaban J connectivity index is 2.16. The first-order valence-corrected chi connectivity index (χ1v) is 7.19. The molecule has 1 aromatic heterocycles. The van der Waals surface area contributed by atoms with E-state index in [9.17, 15) is 4.39 Å². The van der Waals surface area contributed by atoms with Crippen molar-refractivity contribution in [3.8, 4) is 0 Å². The van der Waals surface area contributed by atoms with Crippen molar-refractivity contribution in [3.63, 3.8) is 0 Å². The molecule has 96 valence electrons. The summed E-state index contributed by atoms with van der Waals surface area (Å²) in [5.74, 6) is -0.237. The molecule has 0 fully saturated rings. The molecule has 1 unspecified atom stereocenters. The molecular formula is C13H14BrFN2S. The van der Waals surface area contributed by atoms with Crippen molar-refractivity contribution in [2.24, 2.45) is 5.73 Å². The highest BCUT2D eigenvalue weighted by molar-refractivity contribution is 9.10. The maximum atomic E-state index is 12.8. The van der Waals surface area contributed by atoms with Gasteiger partial charge in [0.15, 0.2) is 0 Å². The number of aryl methyl sites for hydroxylation is 1. The topological polar surface area (TPSA) is 38.0 Å². The number of hydrogen-bond donors (Lipinski definition) is 2. The molecule has 0 aliphatic carbocycles. The summed E-state index contributed by atoms with van der Waals surface area (Å²) >= 11 is 5.21. The normalized spacial score (nSPS) is 12.4. The van der Waals surface area contributed by atoms with Crippen molar-refractivity contribution in [3.05, 3.63) is 50.4 Å². The third-order valence-corrected chi connectivity index (χ3v) is 4.89. The predicted molar refractivity (Wildman–Crippen MR) is 78.6 cm³/mol. The Morgan fingerprint density at radius 3 is 2.56 bits per heavy atom. The van der Waals surface area contributed by atoms with Gasteiger partial charge in [0.1, 0.15) is 5.82 Å². The Morgan fingerprint density at radius 2 is 2.06 bits per heavy atom. The Kier molecular flexibility index (Phi) is 4.37. The molecule has 0 bridgehead atoms. The van der Waals surface area contributed by atoms with E-state index >= 15 is 0 Å². The lowest BCUT2D eigenvalue weighted by atomic mass is 10.2. The zero-order valence-corrected chi connectivity index (χ0v) is 12.3. The first kappa shape index (κ1) is 13.5. The molecule has 1 heterocycles. The Bertz CT molecular complexity index is 505. The average Bonchev–Trinajstić information content (AvgIpc) is 2.69. The minimum atomic E-state index is -0.237. The van der Waals surface area contributed by atoms with E-state index in [-0.39, 0.29) is 11.9 Å². The van der Waals surface area contributed by atoms with Gasteiger partial charge in [0.05, 0.1) is 6.04 Å². The molecule has 18 heavy (non-hydrogen) atoms. The molecule has 0 saturated heterocycles. The van der Waals surface area contributed by atoms with Gasteiger partial charge < -0.3 is 11.1 Å². The van der Waals surface area contributed by atoms with Crippen LogP contribution in [0.5, 0.6) is 0 Å². The summed E-state index contributed by atoms with van der Waals surface area (Å²) in [7, 11) is 0. The molecule has 2 aromatic rings. The number of thiophene rings is 1. The van der Waals surface area contributed by atoms with E-state index in [1.807, 2.05) is 0 Å². The van der Waals surface area contributed by atoms with Crippen LogP contribution in [0, 0.1) is 12.7 Å². The largest absolute Gasteiger partial charge is 0.376 e. The predicted octanol–water partition coefficient (Wildman–Crippen LogP) is 4.07. The Morgan fingerprint density at radius 1 is 1.39 bits per heavy atom. The van der Waals surface area contributed by atoms with Crippen molar-refractivity contribution in [2.45, 2.75) is 13.0 Å². The monoisotopic (exact) mass is 328 g/mol. The molecule has 0 saturated carbocycles. The van der Waals surface area contributed by atoms with Crippen LogP contribution in [0.4, 0.5) is 10.1 Å². The summed E-state index contributed by atoms with van der Waals surface area (Å²) < 4.78 is 13.9. The van der Waals surface area contributed by atoms with Crippen LogP contribution in [-0.4, -0.2) is 6.54 Å². The van der Waals surface area contributed by atoms with E-state index < -0.39 is 0 Å². The lowest BCUT2D eigenvalue weighted by Crippen LogP contribution is -2.19. The molecular weight excluding hydrogens is 315 g/mol. The molecule has 0 radical (unpaired) electrons. The third-order valence-electron chi connectivity index (χ3n) is 2.64. The van der Waals surface area contributed by atoms with Crippen molar-refractivity contribution < 1.29 is 4.39 Å². The van der Waals surface area contributed by atoms with Gasteiger partial charge >= 0.3 is 0 Å². The summed E-state index contributed by atoms with van der Waals surface area (Å²) in [6, 6.07) is 8.43. The van der Waals surface area contributed by atoms with Crippen LogP contribution in [0.25, 0.3) is 0 Å². The highest BCUT2D eigenvalue weighted by atomic mass is 79.9. The van der Waals surface area contributed by atoms with Crippen molar-refractivity contribution in [1.82, 2.24) is 0 Å². The summed E-state index contributed by atoms with van der Waals surface area (Å²) in [4.78, 5) is 2.40. The fraction of sp³-hybridized carbons (Fsp3) is 0.231. The fourth-order valence-electron chi connectivity index (χ4n) is 1.65. The zero-order valence-electron chi connectivity index (χ0n) is 9.91. The maximum Gasteiger partial charge on any atom is 0.123 e. The summed E-state index contributed by atoms with van der Waals surface area (Å²) in [6.45, 7) is 2.55. The molecule has 2 rings (SSSR count). The minimum absolute atomic E-state index is 0.0467. The van der Waals surface area contributed by atoms with E-state index in [2.05, 4.69) is 34.2 Å². The fourth-order valence-corrected chi connectivity index (χ4v) is 3.27. The Labute approximate surface area is 118 Å². The number of hydrogen-bond acceptors (Lipinski definition) is 3.